The predicted molar refractivity (Wildman–Crippen MR) is 139 cm³/mol. The van der Waals surface area contributed by atoms with Crippen LogP contribution in [0.3, 0.4) is 0 Å². The summed E-state index contributed by atoms with van der Waals surface area (Å²) in [5.41, 5.74) is 2.82. The van der Waals surface area contributed by atoms with Crippen molar-refractivity contribution in [1.29, 1.82) is 0 Å². The molecule has 8 nitrogen and oxygen atoms in total. The summed E-state index contributed by atoms with van der Waals surface area (Å²) in [7, 11) is 0. The van der Waals surface area contributed by atoms with Crippen molar-refractivity contribution in [2.75, 3.05) is 49.1 Å². The van der Waals surface area contributed by atoms with Gasteiger partial charge in [0.15, 0.2) is 0 Å². The zero-order valence-corrected chi connectivity index (χ0v) is 20.1. The summed E-state index contributed by atoms with van der Waals surface area (Å²) in [6.45, 7) is 4.77. The summed E-state index contributed by atoms with van der Waals surface area (Å²) in [6, 6.07) is 15.1. The molecule has 1 saturated carbocycles. The third-order valence-electron chi connectivity index (χ3n) is 7.51. The average molecular weight is 476 g/mol. The molecule has 3 aromatic rings. The van der Waals surface area contributed by atoms with Gasteiger partial charge < -0.3 is 14.8 Å². The van der Waals surface area contributed by atoms with Crippen LogP contribution in [0.2, 0.25) is 0 Å². The number of benzene rings is 2. The van der Waals surface area contributed by atoms with Crippen molar-refractivity contribution in [3.63, 3.8) is 0 Å². The molecule has 0 unspecified atom stereocenters. The molecule has 1 amide bonds. The fourth-order valence-electron chi connectivity index (χ4n) is 5.56. The predicted octanol–water partition coefficient (Wildman–Crippen LogP) is 4.81. The lowest BCUT2D eigenvalue weighted by Gasteiger charge is -2.37. The van der Waals surface area contributed by atoms with Crippen molar-refractivity contribution in [1.82, 2.24) is 9.88 Å². The number of carbonyl (C=O) groups excluding carboxylic acids is 1. The maximum absolute atomic E-state index is 13.6. The van der Waals surface area contributed by atoms with Crippen molar-refractivity contribution in [3.05, 3.63) is 64.8 Å². The minimum absolute atomic E-state index is 0.000996. The van der Waals surface area contributed by atoms with Gasteiger partial charge in [-0.25, -0.2) is 0 Å². The molecule has 1 aliphatic carbocycles. The molecule has 0 atom stereocenters. The molecule has 2 fully saturated rings. The molecule has 1 saturated heterocycles. The maximum atomic E-state index is 13.6. The fourth-order valence-corrected chi connectivity index (χ4v) is 5.56. The van der Waals surface area contributed by atoms with E-state index in [1.165, 1.54) is 17.1 Å². The van der Waals surface area contributed by atoms with Crippen LogP contribution in [-0.4, -0.2) is 60.0 Å². The molecular formula is C27H33N5O3. The van der Waals surface area contributed by atoms with E-state index in [4.69, 9.17) is 0 Å². The molecule has 8 heteroatoms. The van der Waals surface area contributed by atoms with Gasteiger partial charge in [0.2, 0.25) is 5.91 Å². The van der Waals surface area contributed by atoms with Gasteiger partial charge in [0.1, 0.15) is 5.69 Å². The second-order valence-electron chi connectivity index (χ2n) is 9.62. The summed E-state index contributed by atoms with van der Waals surface area (Å²) >= 11 is 0. The zero-order chi connectivity index (χ0) is 24.2. The number of H-pyrrole nitrogens is 1. The minimum Gasteiger partial charge on any atom is -0.368 e. The van der Waals surface area contributed by atoms with E-state index in [9.17, 15) is 14.9 Å². The number of amides is 1. The largest absolute Gasteiger partial charge is 0.368 e. The van der Waals surface area contributed by atoms with Crippen molar-refractivity contribution in [2.24, 2.45) is 5.92 Å². The SMILES string of the molecule is O=C(C1CCCCC1)N(CCN1CCN(c2cccc3[nH]ccc23)CC1)c1ccccc1[N+](=O)[O-]. The average Bonchev–Trinajstić information content (AvgIpc) is 3.39. The Morgan fingerprint density at radius 3 is 2.54 bits per heavy atom. The lowest BCUT2D eigenvalue weighted by molar-refractivity contribution is -0.384. The highest BCUT2D eigenvalue weighted by Gasteiger charge is 2.31. The Hall–Kier alpha value is -3.39. The number of nitrogens with zero attached hydrogens (tertiary/aromatic N) is 4. The van der Waals surface area contributed by atoms with E-state index in [-0.39, 0.29) is 22.4 Å². The molecule has 0 radical (unpaired) electrons. The van der Waals surface area contributed by atoms with Crippen LogP contribution in [0.5, 0.6) is 0 Å². The number of hydrogen-bond acceptors (Lipinski definition) is 5. The monoisotopic (exact) mass is 475 g/mol. The highest BCUT2D eigenvalue weighted by Crippen LogP contribution is 2.32. The Morgan fingerprint density at radius 1 is 1.00 bits per heavy atom. The van der Waals surface area contributed by atoms with Gasteiger partial charge in [-0.15, -0.1) is 0 Å². The van der Waals surface area contributed by atoms with Gasteiger partial charge in [-0.1, -0.05) is 37.5 Å². The topological polar surface area (TPSA) is 85.7 Å². The van der Waals surface area contributed by atoms with E-state index in [1.54, 1.807) is 23.1 Å². The van der Waals surface area contributed by atoms with Crippen LogP contribution < -0.4 is 9.80 Å². The quantitative estimate of drug-likeness (QED) is 0.391. The van der Waals surface area contributed by atoms with Crippen LogP contribution in [0.4, 0.5) is 17.1 Å². The van der Waals surface area contributed by atoms with E-state index in [0.717, 1.165) is 63.8 Å². The summed E-state index contributed by atoms with van der Waals surface area (Å²) in [6.07, 6.45) is 6.99. The van der Waals surface area contributed by atoms with Gasteiger partial charge >= 0.3 is 0 Å². The number of aromatic nitrogens is 1. The number of hydrogen-bond donors (Lipinski definition) is 1. The molecular weight excluding hydrogens is 442 g/mol. The number of aromatic amines is 1. The van der Waals surface area contributed by atoms with Crippen LogP contribution in [0.1, 0.15) is 32.1 Å². The Kier molecular flexibility index (Phi) is 6.99. The van der Waals surface area contributed by atoms with Crippen molar-refractivity contribution >= 4 is 33.9 Å². The number of piperazine rings is 1. The number of carbonyl (C=O) groups is 1. The van der Waals surface area contributed by atoms with E-state index in [0.29, 0.717) is 18.8 Å². The van der Waals surface area contributed by atoms with Gasteiger partial charge in [-0.2, -0.15) is 0 Å². The van der Waals surface area contributed by atoms with E-state index < -0.39 is 0 Å². The highest BCUT2D eigenvalue weighted by atomic mass is 16.6. The molecule has 1 aromatic heterocycles. The number of rotatable bonds is 7. The van der Waals surface area contributed by atoms with Crippen LogP contribution in [0, 0.1) is 16.0 Å². The zero-order valence-electron chi connectivity index (χ0n) is 20.1. The first-order valence-electron chi connectivity index (χ1n) is 12.7. The smallest absolute Gasteiger partial charge is 0.292 e. The normalized spacial score (nSPS) is 17.5. The van der Waals surface area contributed by atoms with Crippen LogP contribution in [0.25, 0.3) is 10.9 Å². The van der Waals surface area contributed by atoms with Crippen molar-refractivity contribution < 1.29 is 9.72 Å². The summed E-state index contributed by atoms with van der Waals surface area (Å²) in [5, 5.41) is 13.0. The Labute approximate surface area is 205 Å². The fraction of sp³-hybridized carbons (Fsp3) is 0.444. The van der Waals surface area contributed by atoms with Gasteiger partial charge in [0, 0.05) is 74.0 Å². The molecule has 2 aromatic carbocycles. The van der Waals surface area contributed by atoms with Crippen molar-refractivity contribution in [2.45, 2.75) is 32.1 Å². The summed E-state index contributed by atoms with van der Waals surface area (Å²) in [5.74, 6) is -0.000908. The van der Waals surface area contributed by atoms with Gasteiger partial charge in [0.05, 0.1) is 4.92 Å². The molecule has 0 spiro atoms. The molecule has 5 rings (SSSR count). The number of para-hydroxylation sites is 2. The van der Waals surface area contributed by atoms with Crippen molar-refractivity contribution in [3.8, 4) is 0 Å². The first kappa shape index (κ1) is 23.4. The third-order valence-corrected chi connectivity index (χ3v) is 7.51. The first-order chi connectivity index (χ1) is 17.1. The molecule has 1 N–H and O–H groups in total. The van der Waals surface area contributed by atoms with Crippen LogP contribution in [-0.2, 0) is 4.79 Å². The molecule has 0 bridgehead atoms. The van der Waals surface area contributed by atoms with E-state index in [2.05, 4.69) is 39.0 Å². The number of nitrogens with one attached hydrogen (secondary N) is 1. The second kappa shape index (κ2) is 10.5. The minimum atomic E-state index is -0.378. The lowest BCUT2D eigenvalue weighted by Crippen LogP contribution is -2.49. The first-order valence-corrected chi connectivity index (χ1v) is 12.7. The van der Waals surface area contributed by atoms with Crippen LogP contribution in [0.15, 0.2) is 54.7 Å². The molecule has 184 valence electrons. The number of anilines is 2. The second-order valence-corrected chi connectivity index (χ2v) is 9.62. The molecule has 2 aliphatic rings. The summed E-state index contributed by atoms with van der Waals surface area (Å²) < 4.78 is 0. The van der Waals surface area contributed by atoms with Gasteiger partial charge in [-0.3, -0.25) is 19.8 Å². The van der Waals surface area contributed by atoms with Crippen LogP contribution >= 0.6 is 0 Å². The Bertz CT molecular complexity index is 1180. The molecule has 1 aliphatic heterocycles. The number of fused-ring (bicyclic) bond motifs is 1. The van der Waals surface area contributed by atoms with E-state index in [1.807, 2.05) is 6.20 Å². The van der Waals surface area contributed by atoms with Gasteiger partial charge in [-0.05, 0) is 37.1 Å². The summed E-state index contributed by atoms with van der Waals surface area (Å²) in [4.78, 5) is 34.7. The van der Waals surface area contributed by atoms with Gasteiger partial charge in [0.25, 0.3) is 5.69 Å². The molecule has 35 heavy (non-hydrogen) atoms. The highest BCUT2D eigenvalue weighted by molar-refractivity contribution is 5.97. The number of nitro benzene ring substituents is 1. The maximum Gasteiger partial charge on any atom is 0.292 e. The lowest BCUT2D eigenvalue weighted by atomic mass is 9.88. The Balaban J connectivity index is 1.27. The Morgan fingerprint density at radius 2 is 1.77 bits per heavy atom. The molecule has 2 heterocycles. The number of nitro groups is 1. The third kappa shape index (κ3) is 5.03. The van der Waals surface area contributed by atoms with E-state index >= 15 is 0 Å². The standard InChI is InChI=1S/C27H33N5O3/c33-27(21-7-2-1-3-8-21)31(25-10-4-5-11-26(25)32(34)35)20-17-29-15-18-30(19-16-29)24-12-6-9-23-22(24)13-14-28-23/h4-6,9-14,21,28H,1-3,7-8,15-20H2.